The summed E-state index contributed by atoms with van der Waals surface area (Å²) in [6.45, 7) is 3.28. The number of unbranched alkanes of at least 4 members (excludes halogenated alkanes) is 1. The lowest BCUT2D eigenvalue weighted by Crippen LogP contribution is -2.79. The maximum atomic E-state index is 4.56. The summed E-state index contributed by atoms with van der Waals surface area (Å²) in [6, 6.07) is 8.54. The van der Waals surface area contributed by atoms with Crippen LogP contribution in [0.3, 0.4) is 0 Å². The molecule has 0 radical (unpaired) electrons. The molecule has 0 saturated heterocycles. The Kier molecular flexibility index (Phi) is 3.70. The van der Waals surface area contributed by atoms with Gasteiger partial charge in [0.15, 0.2) is 0 Å². The number of aromatic nitrogens is 2. The zero-order valence-corrected chi connectivity index (χ0v) is 12.2. The fraction of sp³-hybridized carbons (Fsp3) is 0.353. The molecule has 20 heavy (non-hydrogen) atoms. The van der Waals surface area contributed by atoms with Crippen molar-refractivity contribution in [2.75, 3.05) is 13.6 Å². The predicted molar refractivity (Wildman–Crippen MR) is 84.0 cm³/mol. The van der Waals surface area contributed by atoms with Crippen molar-refractivity contribution in [3.8, 4) is 0 Å². The Morgan fingerprint density at radius 1 is 1.20 bits per heavy atom. The van der Waals surface area contributed by atoms with Crippen molar-refractivity contribution in [3.05, 3.63) is 41.7 Å². The maximum absolute atomic E-state index is 4.56. The van der Waals surface area contributed by atoms with E-state index in [9.17, 15) is 0 Å². The topological polar surface area (TPSA) is 45.3 Å². The number of para-hydroxylation sites is 1. The van der Waals surface area contributed by atoms with Gasteiger partial charge in [0.2, 0.25) is 0 Å². The van der Waals surface area contributed by atoms with E-state index in [0.29, 0.717) is 0 Å². The van der Waals surface area contributed by atoms with Crippen molar-refractivity contribution in [1.29, 1.82) is 0 Å². The van der Waals surface area contributed by atoms with Crippen molar-refractivity contribution in [2.45, 2.75) is 26.2 Å². The largest absolute Gasteiger partial charge is 0.353 e. The molecule has 104 valence electrons. The molecule has 0 amide bonds. The zero-order chi connectivity index (χ0) is 13.9. The fourth-order valence-corrected chi connectivity index (χ4v) is 2.90. The van der Waals surface area contributed by atoms with Gasteiger partial charge in [-0.15, -0.1) is 0 Å². The Balaban J connectivity index is 2.05. The van der Waals surface area contributed by atoms with Crippen molar-refractivity contribution in [1.82, 2.24) is 9.97 Å². The van der Waals surface area contributed by atoms with E-state index in [1.54, 1.807) is 0 Å². The third kappa shape index (κ3) is 2.29. The van der Waals surface area contributed by atoms with Gasteiger partial charge in [0.1, 0.15) is 0 Å². The number of hydrogen-bond donors (Lipinski definition) is 2. The molecule has 0 saturated carbocycles. The van der Waals surface area contributed by atoms with Crippen molar-refractivity contribution in [2.24, 2.45) is 0 Å². The molecule has 0 spiro atoms. The van der Waals surface area contributed by atoms with Gasteiger partial charge in [0.25, 0.3) is 0 Å². The van der Waals surface area contributed by atoms with Crippen LogP contribution >= 0.6 is 0 Å². The van der Waals surface area contributed by atoms with E-state index in [-0.39, 0.29) is 0 Å². The van der Waals surface area contributed by atoms with Crippen LogP contribution in [0, 0.1) is 6.92 Å². The number of nitrogens with zero attached hydrogens (tertiary/aromatic N) is 1. The lowest BCUT2D eigenvalue weighted by molar-refractivity contribution is -0.627. The van der Waals surface area contributed by atoms with Gasteiger partial charge in [-0.05, 0) is 37.8 Å². The van der Waals surface area contributed by atoms with Gasteiger partial charge in [0.05, 0.1) is 24.8 Å². The maximum Gasteiger partial charge on any atom is 0.0753 e. The summed E-state index contributed by atoms with van der Waals surface area (Å²) in [6.07, 6.45) is 5.66. The first-order chi connectivity index (χ1) is 9.81. The first-order valence-corrected chi connectivity index (χ1v) is 7.44. The monoisotopic (exact) mass is 268 g/mol. The van der Waals surface area contributed by atoms with Gasteiger partial charge in [-0.1, -0.05) is 18.2 Å². The number of H-pyrrole nitrogens is 1. The molecule has 3 heteroatoms. The molecule has 3 nitrogen and oxygen atoms in total. The Bertz CT molecular complexity index is 728. The summed E-state index contributed by atoms with van der Waals surface area (Å²) in [5.74, 6) is 0. The molecule has 0 bridgehead atoms. The minimum absolute atomic E-state index is 1.09. The van der Waals surface area contributed by atoms with Crippen LogP contribution < -0.4 is 5.32 Å². The average Bonchev–Trinajstić information content (AvgIpc) is 2.86. The Morgan fingerprint density at radius 2 is 2.05 bits per heavy atom. The number of pyridine rings is 1. The second kappa shape index (κ2) is 5.63. The number of nitrogens with one attached hydrogen (secondary N) is 1. The minimum atomic E-state index is 1.09. The van der Waals surface area contributed by atoms with Crippen LogP contribution in [0.2, 0.25) is 0 Å². The molecule has 3 aromatic rings. The van der Waals surface area contributed by atoms with Crippen LogP contribution in [0.5, 0.6) is 0 Å². The summed E-state index contributed by atoms with van der Waals surface area (Å²) in [5, 5.41) is 4.94. The highest BCUT2D eigenvalue weighted by atomic mass is 14.8. The van der Waals surface area contributed by atoms with Gasteiger partial charge in [-0.3, -0.25) is 4.98 Å². The van der Waals surface area contributed by atoms with Crippen LogP contribution in [0.15, 0.2) is 30.5 Å². The Labute approximate surface area is 119 Å². The number of hydrogen-bond acceptors (Lipinski definition) is 1. The molecule has 0 fully saturated rings. The normalized spacial score (nSPS) is 11.5. The van der Waals surface area contributed by atoms with Crippen LogP contribution in [0.25, 0.3) is 21.8 Å². The molecule has 0 unspecified atom stereocenters. The molecule has 0 aliphatic heterocycles. The molecule has 1 aromatic carbocycles. The second-order valence-corrected chi connectivity index (χ2v) is 5.44. The van der Waals surface area contributed by atoms with Gasteiger partial charge in [-0.2, -0.15) is 0 Å². The standard InChI is InChI=1S/C17H21N3/c1-12-17-16(14-8-3-4-9-15(14)20-17)13(11-19-12)7-5-6-10-18-2/h3-4,8-9,11,18,20H,5-7,10H2,1-2H3/p+1. The molecular formula is C17H22N3+. The van der Waals surface area contributed by atoms with E-state index < -0.39 is 0 Å². The number of aromatic amines is 1. The van der Waals surface area contributed by atoms with E-state index in [4.69, 9.17) is 0 Å². The number of nitrogens with two attached hydrogens (primary N) is 1. The third-order valence-corrected chi connectivity index (χ3v) is 3.99. The van der Waals surface area contributed by atoms with Gasteiger partial charge in [-0.25, -0.2) is 0 Å². The smallest absolute Gasteiger partial charge is 0.0753 e. The highest BCUT2D eigenvalue weighted by Crippen LogP contribution is 2.30. The van der Waals surface area contributed by atoms with Gasteiger partial charge < -0.3 is 10.3 Å². The lowest BCUT2D eigenvalue weighted by Gasteiger charge is -2.05. The Hall–Kier alpha value is -1.87. The summed E-state index contributed by atoms with van der Waals surface area (Å²) in [4.78, 5) is 8.08. The van der Waals surface area contributed by atoms with Crippen LogP contribution in [0.1, 0.15) is 24.1 Å². The highest BCUT2D eigenvalue weighted by Gasteiger charge is 2.11. The van der Waals surface area contributed by atoms with E-state index in [1.165, 1.54) is 46.8 Å². The van der Waals surface area contributed by atoms with E-state index in [0.717, 1.165) is 12.1 Å². The SMILES string of the molecule is C[NH2+]CCCCc1cnc(C)c2[nH]c3ccccc3c12. The summed E-state index contributed by atoms with van der Waals surface area (Å²) in [7, 11) is 2.13. The molecule has 2 heterocycles. The van der Waals surface area contributed by atoms with E-state index in [2.05, 4.69) is 59.7 Å². The van der Waals surface area contributed by atoms with Crippen LogP contribution in [0.4, 0.5) is 0 Å². The molecule has 0 atom stereocenters. The number of benzene rings is 1. The molecule has 0 aliphatic carbocycles. The molecular weight excluding hydrogens is 246 g/mol. The first-order valence-electron chi connectivity index (χ1n) is 7.44. The van der Waals surface area contributed by atoms with E-state index in [1.807, 2.05) is 0 Å². The zero-order valence-electron chi connectivity index (χ0n) is 12.2. The van der Waals surface area contributed by atoms with E-state index >= 15 is 0 Å². The van der Waals surface area contributed by atoms with Crippen molar-refractivity contribution >= 4 is 21.8 Å². The summed E-state index contributed by atoms with van der Waals surface area (Å²) in [5.41, 5.74) is 4.87. The molecule has 2 aromatic heterocycles. The van der Waals surface area contributed by atoms with Crippen LogP contribution in [-0.2, 0) is 6.42 Å². The summed E-state index contributed by atoms with van der Waals surface area (Å²) < 4.78 is 0. The first kappa shape index (κ1) is 13.1. The Morgan fingerprint density at radius 3 is 2.90 bits per heavy atom. The minimum Gasteiger partial charge on any atom is -0.353 e. The van der Waals surface area contributed by atoms with Crippen molar-refractivity contribution in [3.63, 3.8) is 0 Å². The molecule has 3 rings (SSSR count). The second-order valence-electron chi connectivity index (χ2n) is 5.44. The quantitative estimate of drug-likeness (QED) is 0.686. The fourth-order valence-electron chi connectivity index (χ4n) is 2.90. The number of quaternary nitrogens is 1. The number of fused-ring (bicyclic) bond motifs is 3. The lowest BCUT2D eigenvalue weighted by atomic mass is 10.0. The highest BCUT2D eigenvalue weighted by molar-refractivity contribution is 6.09. The molecule has 3 N–H and O–H groups in total. The number of rotatable bonds is 5. The van der Waals surface area contributed by atoms with Crippen LogP contribution in [-0.4, -0.2) is 23.6 Å². The van der Waals surface area contributed by atoms with Crippen molar-refractivity contribution < 1.29 is 5.32 Å². The number of aryl methyl sites for hydroxylation is 2. The van der Waals surface area contributed by atoms with Gasteiger partial charge >= 0.3 is 0 Å². The average molecular weight is 268 g/mol. The predicted octanol–water partition coefficient (Wildman–Crippen LogP) is 2.54. The third-order valence-electron chi connectivity index (χ3n) is 3.99. The van der Waals surface area contributed by atoms with Gasteiger partial charge in [0, 0.05) is 22.5 Å². The summed E-state index contributed by atoms with van der Waals surface area (Å²) >= 11 is 0. The molecule has 0 aliphatic rings.